The zero-order valence-electron chi connectivity index (χ0n) is 55.8. The van der Waals surface area contributed by atoms with E-state index in [-0.39, 0.29) is 17.7 Å². The average Bonchev–Trinajstić information content (AvgIpc) is 0.946. The van der Waals surface area contributed by atoms with Crippen LogP contribution in [0.2, 0.25) is 0 Å². The number of aliphatic hydroxyl groups is 1. The summed E-state index contributed by atoms with van der Waals surface area (Å²) in [5.74, 6) is 0.442. The lowest BCUT2D eigenvalue weighted by Crippen LogP contribution is -2.52. The Morgan fingerprint density at radius 3 is 1.32 bits per heavy atom. The van der Waals surface area contributed by atoms with Gasteiger partial charge in [-0.3, -0.25) is 19.7 Å². The van der Waals surface area contributed by atoms with Crippen molar-refractivity contribution in [3.05, 3.63) is 159 Å². The van der Waals surface area contributed by atoms with Crippen molar-refractivity contribution in [2.45, 2.75) is 192 Å². The third-order valence-corrected chi connectivity index (χ3v) is 23.7. The summed E-state index contributed by atoms with van der Waals surface area (Å²) in [5, 5.41) is 10.1. The Balaban J connectivity index is 0.000000128. The minimum Gasteiger partial charge on any atom is -0.381 e. The van der Waals surface area contributed by atoms with E-state index in [9.17, 15) is 26.7 Å². The number of carbonyl (C=O) groups is 1. The number of rotatable bonds is 9. The van der Waals surface area contributed by atoms with E-state index < -0.39 is 31.2 Å². The molecular weight excluding hydrogens is 1220 g/mol. The molecule has 1 amide bonds. The third kappa shape index (κ3) is 13.1. The van der Waals surface area contributed by atoms with E-state index in [1.807, 2.05) is 32.4 Å². The number of hydrogen-bond donors (Lipinski definition) is 1. The summed E-state index contributed by atoms with van der Waals surface area (Å²) in [5.41, 5.74) is 19.2. The first-order valence-electron chi connectivity index (χ1n) is 33.5. The van der Waals surface area contributed by atoms with E-state index in [1.165, 1.54) is 63.0 Å². The van der Waals surface area contributed by atoms with Crippen LogP contribution in [0.1, 0.15) is 189 Å². The van der Waals surface area contributed by atoms with Crippen molar-refractivity contribution in [2.24, 2.45) is 0 Å². The first kappa shape index (κ1) is 65.2. The molecule has 21 nitrogen and oxygen atoms in total. The van der Waals surface area contributed by atoms with Crippen LogP contribution in [-0.2, 0) is 83.0 Å². The predicted octanol–water partition coefficient (Wildman–Crippen LogP) is 8.71. The molecule has 496 valence electrons. The number of likely N-dealkylation sites (tertiary alicyclic amines) is 1. The molecule has 0 radical (unpaired) electrons. The van der Waals surface area contributed by atoms with Gasteiger partial charge in [0.1, 0.15) is 24.6 Å². The fraction of sp³-hybridized carbons (Fsp3) is 0.521. The normalized spacial score (nSPS) is 23.3. The van der Waals surface area contributed by atoms with Crippen molar-refractivity contribution in [3.8, 4) is 0 Å². The second-order valence-electron chi connectivity index (χ2n) is 28.4. The first-order valence-corrected chi connectivity index (χ1v) is 37.2. The molecule has 0 saturated carbocycles. The molecule has 12 heterocycles. The lowest BCUT2D eigenvalue weighted by atomic mass is 9.80. The summed E-state index contributed by atoms with van der Waals surface area (Å²) >= 11 is 0. The van der Waals surface area contributed by atoms with Gasteiger partial charge in [0.25, 0.3) is 5.91 Å². The molecule has 9 aliphatic rings. The topological polar surface area (TPSA) is 241 Å². The van der Waals surface area contributed by atoms with Crippen molar-refractivity contribution in [1.82, 2.24) is 58.4 Å². The number of nitrogens with zero attached hydrogens (tertiary/aromatic N) is 15. The molecule has 15 rings (SSSR count). The van der Waals surface area contributed by atoms with Crippen molar-refractivity contribution >= 4 is 61.2 Å². The van der Waals surface area contributed by atoms with Crippen LogP contribution in [0.5, 0.6) is 0 Å². The van der Waals surface area contributed by atoms with Crippen LogP contribution >= 0.6 is 0 Å². The molecule has 3 saturated heterocycles. The summed E-state index contributed by atoms with van der Waals surface area (Å²) in [7, 11) is -6.43. The molecule has 3 aliphatic carbocycles. The predicted molar refractivity (Wildman–Crippen MR) is 366 cm³/mol. The number of pyridine rings is 3. The van der Waals surface area contributed by atoms with E-state index in [0.29, 0.717) is 56.8 Å². The highest BCUT2D eigenvalue weighted by Gasteiger charge is 2.43. The Morgan fingerprint density at radius 1 is 0.521 bits per heavy atom. The van der Waals surface area contributed by atoms with Gasteiger partial charge in [-0.05, 0) is 105 Å². The number of amides is 1. The number of piperidine rings is 3. The van der Waals surface area contributed by atoms with Gasteiger partial charge in [0, 0.05) is 201 Å². The number of fused-ring (bicyclic) bond motifs is 6. The molecule has 6 aliphatic heterocycles. The monoisotopic (exact) mass is 1310 g/mol. The number of anilines is 3. The van der Waals surface area contributed by atoms with Gasteiger partial charge in [0.05, 0.1) is 63.8 Å². The lowest BCUT2D eigenvalue weighted by molar-refractivity contribution is -0.148. The SMILES string of the molecule is C[C@@H]1Cc2ncnc(C3CCCN(S(C)(=O)=O)C3)c2CN1c1ccnc2c1C=CC2.C[C@@H]1Cc2ncnc(C3CCN(C(=O)C(C)(C)O)CC3)c2CN1c1ccnc2c1C=CC2.C[C@@H]1Cc2ncnc(C3CCN(S(C)(=O)=O)C(C)(C)C3)c2CN1c1ccnc2c1C=CC2. The maximum Gasteiger partial charge on any atom is 0.253 e. The van der Waals surface area contributed by atoms with Gasteiger partial charge in [-0.1, -0.05) is 36.5 Å². The zero-order valence-corrected chi connectivity index (χ0v) is 57.4. The van der Waals surface area contributed by atoms with Crippen LogP contribution in [-0.4, -0.2) is 161 Å². The number of sulfonamides is 2. The van der Waals surface area contributed by atoms with E-state index in [1.54, 1.807) is 46.3 Å². The highest BCUT2D eigenvalue weighted by Crippen LogP contribution is 2.44. The van der Waals surface area contributed by atoms with Crippen molar-refractivity contribution in [2.75, 3.05) is 59.9 Å². The quantitative estimate of drug-likeness (QED) is 0.142. The van der Waals surface area contributed by atoms with Gasteiger partial charge in [0.15, 0.2) is 0 Å². The number of hydrogen-bond acceptors (Lipinski definition) is 18. The van der Waals surface area contributed by atoms with Gasteiger partial charge >= 0.3 is 0 Å². The number of carbonyl (C=O) groups excluding carboxylic acids is 1. The molecule has 1 N–H and O–H groups in total. The summed E-state index contributed by atoms with van der Waals surface area (Å²) in [6.07, 6.45) is 36.8. The maximum absolute atomic E-state index is 12.5. The van der Waals surface area contributed by atoms with Crippen LogP contribution in [0.3, 0.4) is 0 Å². The molecule has 0 spiro atoms. The van der Waals surface area contributed by atoms with Crippen molar-refractivity contribution < 1.29 is 26.7 Å². The van der Waals surface area contributed by atoms with E-state index in [2.05, 4.69) is 125 Å². The summed E-state index contributed by atoms with van der Waals surface area (Å²) in [6.45, 7) is 19.1. The Hall–Kier alpha value is -7.44. The molecule has 0 bridgehead atoms. The molecule has 2 unspecified atom stereocenters. The van der Waals surface area contributed by atoms with Crippen LogP contribution in [0.4, 0.5) is 17.1 Å². The Kier molecular flexibility index (Phi) is 18.0. The first-order chi connectivity index (χ1) is 44.9. The minimum atomic E-state index is -3.23. The van der Waals surface area contributed by atoms with Crippen LogP contribution in [0.15, 0.2) is 74.0 Å². The second kappa shape index (κ2) is 25.9. The summed E-state index contributed by atoms with van der Waals surface area (Å²) in [6, 6.07) is 7.34. The van der Waals surface area contributed by atoms with E-state index >= 15 is 0 Å². The van der Waals surface area contributed by atoms with Crippen LogP contribution in [0, 0.1) is 0 Å². The van der Waals surface area contributed by atoms with E-state index in [0.717, 1.165) is 148 Å². The molecule has 6 aromatic rings. The molecular formula is C71H89N15O6S2. The lowest BCUT2D eigenvalue weighted by Gasteiger charge is -2.45. The largest absolute Gasteiger partial charge is 0.381 e. The Bertz CT molecular complexity index is 4220. The van der Waals surface area contributed by atoms with Crippen molar-refractivity contribution in [1.29, 1.82) is 0 Å². The molecule has 94 heavy (non-hydrogen) atoms. The molecule has 5 atom stereocenters. The number of aromatic nitrogens is 9. The smallest absolute Gasteiger partial charge is 0.253 e. The Labute approximate surface area is 554 Å². The zero-order chi connectivity index (χ0) is 66.0. The van der Waals surface area contributed by atoms with Crippen LogP contribution < -0.4 is 14.7 Å². The molecule has 6 aromatic heterocycles. The number of allylic oxidation sites excluding steroid dienone is 3. The Morgan fingerprint density at radius 2 is 0.926 bits per heavy atom. The van der Waals surface area contributed by atoms with Gasteiger partial charge in [-0.2, -0.15) is 4.31 Å². The average molecular weight is 1310 g/mol. The molecule has 23 heteroatoms. The fourth-order valence-electron chi connectivity index (χ4n) is 16.2. The standard InChI is InChI=1S/C25H31N5O2.C24H31N5O2S.C22H27N5O2S/c1-16-13-21-19(14-30(16)22-7-10-26-20-6-4-5-18(20)22)23(28-15-27-21)17-8-11-29(12-9-17)24(31)25(2,3)32;1-16-12-21-19(14-28(16)22-8-10-25-20-7-5-6-18(20)22)23(27-15-26-21)17-9-11-29(32(4,30)31)24(2,3)13-17;1-15-11-20-18(13-27(15)21-8-9-23-19-7-3-6-17(19)21)22(25-14-24-20)16-5-4-10-26(12-16)30(2,28)29/h4-5,7,10,15-17,32H,6,8-9,11-14H2,1-3H3;5-6,8,10,15-17H,7,9,11-14H2,1-4H3;3,6,8-9,14-16H,4-5,7,10-13H2,1-2H3/t16-;16-,17?;15-,16?/m111/s1. The van der Waals surface area contributed by atoms with Crippen molar-refractivity contribution in [3.63, 3.8) is 0 Å². The van der Waals surface area contributed by atoms with Gasteiger partial charge in [-0.15, -0.1) is 0 Å². The second-order valence-corrected chi connectivity index (χ2v) is 32.3. The van der Waals surface area contributed by atoms with E-state index in [4.69, 9.17) is 9.97 Å². The summed E-state index contributed by atoms with van der Waals surface area (Å²) in [4.78, 5) is 63.3. The van der Waals surface area contributed by atoms with Crippen LogP contribution in [0.25, 0.3) is 18.2 Å². The third-order valence-electron chi connectivity index (χ3n) is 20.9. The fourth-order valence-corrected chi connectivity index (χ4v) is 18.5. The minimum absolute atomic E-state index is 0.114. The van der Waals surface area contributed by atoms with Gasteiger partial charge in [-0.25, -0.2) is 51.0 Å². The molecule has 0 aromatic carbocycles. The highest BCUT2D eigenvalue weighted by atomic mass is 32.2. The summed E-state index contributed by atoms with van der Waals surface area (Å²) < 4.78 is 52.0. The maximum atomic E-state index is 12.5. The van der Waals surface area contributed by atoms with Gasteiger partial charge < -0.3 is 24.7 Å². The highest BCUT2D eigenvalue weighted by molar-refractivity contribution is 7.88. The van der Waals surface area contributed by atoms with Gasteiger partial charge in [0.2, 0.25) is 20.0 Å². The molecule has 3 fully saturated rings.